The third-order valence-corrected chi connectivity index (χ3v) is 7.33. The minimum absolute atomic E-state index is 0.0913. The molecule has 0 atom stereocenters. The summed E-state index contributed by atoms with van der Waals surface area (Å²) in [5, 5.41) is 2.41. The molecule has 1 aromatic carbocycles. The lowest BCUT2D eigenvalue weighted by atomic mass is 10.1. The van der Waals surface area contributed by atoms with Crippen molar-refractivity contribution < 1.29 is 28.6 Å². The van der Waals surface area contributed by atoms with Crippen LogP contribution in [0.15, 0.2) is 23.1 Å². The van der Waals surface area contributed by atoms with Gasteiger partial charge in [-0.05, 0) is 60.5 Å². The topological polar surface area (TPSA) is 94.2 Å². The van der Waals surface area contributed by atoms with Gasteiger partial charge in [-0.2, -0.15) is 0 Å². The minimum atomic E-state index is -0.409. The van der Waals surface area contributed by atoms with Gasteiger partial charge in [-0.3, -0.25) is 19.3 Å². The Bertz CT molecular complexity index is 1080. The van der Waals surface area contributed by atoms with Gasteiger partial charge in [-0.15, -0.1) is 11.3 Å². The smallest absolute Gasteiger partial charge is 0.293 e. The molecular formula is C23H26N2O6S2. The second-order valence-electron chi connectivity index (χ2n) is 7.12. The lowest BCUT2D eigenvalue weighted by molar-refractivity contribution is -0.122. The van der Waals surface area contributed by atoms with Crippen molar-refractivity contribution in [1.29, 1.82) is 0 Å². The number of methoxy groups -OCH3 is 3. The highest BCUT2D eigenvalue weighted by molar-refractivity contribution is 8.18. The lowest BCUT2D eigenvalue weighted by Gasteiger charge is -2.13. The van der Waals surface area contributed by atoms with Crippen molar-refractivity contribution in [2.24, 2.45) is 0 Å². The molecule has 1 N–H and O–H groups in total. The van der Waals surface area contributed by atoms with Crippen molar-refractivity contribution >= 4 is 46.2 Å². The molecule has 0 bridgehead atoms. The van der Waals surface area contributed by atoms with Crippen molar-refractivity contribution in [3.05, 3.63) is 44.0 Å². The number of hydrogen-bond donors (Lipinski definition) is 1. The largest absolute Gasteiger partial charge is 0.493 e. The Morgan fingerprint density at radius 2 is 1.76 bits per heavy atom. The molecule has 0 radical (unpaired) electrons. The van der Waals surface area contributed by atoms with Gasteiger partial charge in [0.1, 0.15) is 0 Å². The minimum Gasteiger partial charge on any atom is -0.493 e. The van der Waals surface area contributed by atoms with Gasteiger partial charge in [0.15, 0.2) is 11.5 Å². The Morgan fingerprint density at radius 1 is 1.09 bits per heavy atom. The standard InChI is InChI=1S/C23H26N2O6S2/c1-6-17-13(2)9-18(32-17)21(26)24-7-8-25-22(27)19(33-23(25)28)12-14-10-15(29-3)20(31-5)16(11-14)30-4/h9-12H,6-8H2,1-5H3,(H,24,26)/b19-12-. The highest BCUT2D eigenvalue weighted by Gasteiger charge is 2.34. The van der Waals surface area contributed by atoms with Gasteiger partial charge in [-0.25, -0.2) is 0 Å². The summed E-state index contributed by atoms with van der Waals surface area (Å²) in [6, 6.07) is 5.26. The summed E-state index contributed by atoms with van der Waals surface area (Å²) in [5.74, 6) is 0.712. The molecule has 33 heavy (non-hydrogen) atoms. The highest BCUT2D eigenvalue weighted by Crippen LogP contribution is 2.40. The van der Waals surface area contributed by atoms with Crippen LogP contribution in [-0.4, -0.2) is 56.4 Å². The molecule has 8 nitrogen and oxygen atoms in total. The fourth-order valence-electron chi connectivity index (χ4n) is 3.38. The van der Waals surface area contributed by atoms with Crippen LogP contribution < -0.4 is 19.5 Å². The molecule has 10 heteroatoms. The monoisotopic (exact) mass is 490 g/mol. The fraction of sp³-hybridized carbons (Fsp3) is 0.348. The molecule has 1 aliphatic heterocycles. The van der Waals surface area contributed by atoms with Gasteiger partial charge >= 0.3 is 0 Å². The summed E-state index contributed by atoms with van der Waals surface area (Å²) in [7, 11) is 4.51. The Morgan fingerprint density at radius 3 is 2.30 bits per heavy atom. The molecule has 1 saturated heterocycles. The molecule has 1 fully saturated rings. The van der Waals surface area contributed by atoms with E-state index in [1.54, 1.807) is 18.2 Å². The van der Waals surface area contributed by atoms with E-state index in [0.717, 1.165) is 28.6 Å². The Labute approximate surface area is 200 Å². The summed E-state index contributed by atoms with van der Waals surface area (Å²) in [6.45, 7) is 4.29. The Hall–Kier alpha value is -2.98. The average Bonchev–Trinajstić information content (AvgIpc) is 3.32. The van der Waals surface area contributed by atoms with E-state index < -0.39 is 5.91 Å². The number of rotatable bonds is 9. The van der Waals surface area contributed by atoms with Crippen molar-refractivity contribution in [1.82, 2.24) is 10.2 Å². The summed E-state index contributed by atoms with van der Waals surface area (Å²) in [6.07, 6.45) is 2.48. The first-order chi connectivity index (χ1) is 15.8. The summed E-state index contributed by atoms with van der Waals surface area (Å²) < 4.78 is 16.0. The molecular weight excluding hydrogens is 464 g/mol. The first-order valence-corrected chi connectivity index (χ1v) is 11.9. The van der Waals surface area contributed by atoms with E-state index in [1.165, 1.54) is 37.5 Å². The number of aryl methyl sites for hydroxylation is 2. The van der Waals surface area contributed by atoms with E-state index >= 15 is 0 Å². The van der Waals surface area contributed by atoms with Crippen LogP contribution in [0.2, 0.25) is 0 Å². The molecule has 176 valence electrons. The molecule has 2 aromatic rings. The number of benzene rings is 1. The average molecular weight is 491 g/mol. The van der Waals surface area contributed by atoms with Crippen LogP contribution in [-0.2, 0) is 11.2 Å². The molecule has 1 aliphatic rings. The van der Waals surface area contributed by atoms with Gasteiger partial charge in [0.05, 0.1) is 31.1 Å². The predicted octanol–water partition coefficient (Wildman–Crippen LogP) is 4.11. The molecule has 0 aliphatic carbocycles. The zero-order chi connectivity index (χ0) is 24.1. The maximum Gasteiger partial charge on any atom is 0.293 e. The van der Waals surface area contributed by atoms with Crippen molar-refractivity contribution in [3.8, 4) is 17.2 Å². The normalized spacial score (nSPS) is 14.7. The number of thioether (sulfide) groups is 1. The second kappa shape index (κ2) is 10.8. The number of imide groups is 1. The maximum absolute atomic E-state index is 12.8. The highest BCUT2D eigenvalue weighted by atomic mass is 32.2. The number of amides is 3. The van der Waals surface area contributed by atoms with E-state index in [0.29, 0.717) is 27.7 Å². The first kappa shape index (κ1) is 24.7. The van der Waals surface area contributed by atoms with Gasteiger partial charge in [0.25, 0.3) is 17.1 Å². The van der Waals surface area contributed by atoms with E-state index in [4.69, 9.17) is 14.2 Å². The molecule has 0 saturated carbocycles. The van der Waals surface area contributed by atoms with Crippen LogP contribution in [0.3, 0.4) is 0 Å². The van der Waals surface area contributed by atoms with Gasteiger partial charge < -0.3 is 19.5 Å². The number of nitrogens with one attached hydrogen (secondary N) is 1. The number of carbonyl (C=O) groups excluding carboxylic acids is 3. The third-order valence-electron chi connectivity index (χ3n) is 5.04. The first-order valence-electron chi connectivity index (χ1n) is 10.3. The van der Waals surface area contributed by atoms with Crippen LogP contribution >= 0.6 is 23.1 Å². The maximum atomic E-state index is 12.8. The van der Waals surface area contributed by atoms with Gasteiger partial charge in [0, 0.05) is 18.0 Å². The van der Waals surface area contributed by atoms with Gasteiger partial charge in [-0.1, -0.05) is 6.92 Å². The molecule has 0 spiro atoms. The predicted molar refractivity (Wildman–Crippen MR) is 130 cm³/mol. The molecule has 3 amide bonds. The number of carbonyl (C=O) groups is 3. The van der Waals surface area contributed by atoms with Crippen molar-refractivity contribution in [2.75, 3.05) is 34.4 Å². The van der Waals surface area contributed by atoms with Crippen LogP contribution in [0.25, 0.3) is 6.08 Å². The van der Waals surface area contributed by atoms with Crippen LogP contribution in [0.1, 0.15) is 32.6 Å². The van der Waals surface area contributed by atoms with E-state index in [1.807, 2.05) is 19.9 Å². The lowest BCUT2D eigenvalue weighted by Crippen LogP contribution is -2.37. The third kappa shape index (κ3) is 5.33. The number of thiophene rings is 1. The zero-order valence-corrected chi connectivity index (χ0v) is 20.8. The van der Waals surface area contributed by atoms with Crippen LogP contribution in [0.4, 0.5) is 4.79 Å². The Balaban J connectivity index is 1.68. The fourth-order valence-corrected chi connectivity index (χ4v) is 5.28. The quantitative estimate of drug-likeness (QED) is 0.529. The summed E-state index contributed by atoms with van der Waals surface area (Å²) in [4.78, 5) is 40.8. The van der Waals surface area contributed by atoms with E-state index in [2.05, 4.69) is 5.32 Å². The number of hydrogen-bond acceptors (Lipinski definition) is 8. The molecule has 3 rings (SSSR count). The Kier molecular flexibility index (Phi) is 8.04. The van der Waals surface area contributed by atoms with E-state index in [-0.39, 0.29) is 29.1 Å². The summed E-state index contributed by atoms with van der Waals surface area (Å²) >= 11 is 2.31. The van der Waals surface area contributed by atoms with Gasteiger partial charge in [0.2, 0.25) is 5.75 Å². The number of nitrogens with zero attached hydrogens (tertiary/aromatic N) is 1. The second-order valence-corrected chi connectivity index (χ2v) is 9.25. The van der Waals surface area contributed by atoms with Crippen molar-refractivity contribution in [3.63, 3.8) is 0 Å². The van der Waals surface area contributed by atoms with Crippen LogP contribution in [0.5, 0.6) is 17.2 Å². The summed E-state index contributed by atoms with van der Waals surface area (Å²) in [5.41, 5.74) is 1.72. The SMILES string of the molecule is CCc1sc(C(=O)NCCN2C(=O)S/C(=C\c3cc(OC)c(OC)c(OC)c3)C2=O)cc1C. The van der Waals surface area contributed by atoms with Crippen molar-refractivity contribution in [2.45, 2.75) is 20.3 Å². The molecule has 2 heterocycles. The van der Waals surface area contributed by atoms with Crippen LogP contribution in [0, 0.1) is 6.92 Å². The van der Waals surface area contributed by atoms with E-state index in [9.17, 15) is 14.4 Å². The molecule has 0 unspecified atom stereocenters. The number of ether oxygens (including phenoxy) is 3. The molecule has 1 aromatic heterocycles. The zero-order valence-electron chi connectivity index (χ0n) is 19.1.